The molecule has 0 radical (unpaired) electrons. The van der Waals surface area contributed by atoms with Gasteiger partial charge in [0.2, 0.25) is 10.0 Å². The summed E-state index contributed by atoms with van der Waals surface area (Å²) in [5.74, 6) is 0.107. The number of nitrogens with one attached hydrogen (secondary N) is 1. The SMILES string of the molecule is CC(C)NCCCS(=O)(=O)N(C)CC1(O)CCOCC1. The molecule has 0 saturated carbocycles. The second-order valence-corrected chi connectivity index (χ2v) is 8.07. The third kappa shape index (κ3) is 6.05. The summed E-state index contributed by atoms with van der Waals surface area (Å²) in [4.78, 5) is 0. The number of hydrogen-bond acceptors (Lipinski definition) is 5. The summed E-state index contributed by atoms with van der Waals surface area (Å²) in [6.45, 7) is 5.87. The van der Waals surface area contributed by atoms with Gasteiger partial charge < -0.3 is 15.2 Å². The maximum absolute atomic E-state index is 12.1. The minimum atomic E-state index is -3.30. The molecular formula is C13H28N2O4S. The maximum Gasteiger partial charge on any atom is 0.213 e. The van der Waals surface area contributed by atoms with E-state index in [0.717, 1.165) is 0 Å². The van der Waals surface area contributed by atoms with Gasteiger partial charge in [-0.1, -0.05) is 13.8 Å². The second kappa shape index (κ2) is 7.70. The van der Waals surface area contributed by atoms with Gasteiger partial charge in [-0.15, -0.1) is 0 Å². The summed E-state index contributed by atoms with van der Waals surface area (Å²) >= 11 is 0. The van der Waals surface area contributed by atoms with Crippen molar-refractivity contribution in [1.29, 1.82) is 0 Å². The largest absolute Gasteiger partial charge is 0.388 e. The van der Waals surface area contributed by atoms with E-state index in [1.54, 1.807) is 7.05 Å². The fourth-order valence-electron chi connectivity index (χ4n) is 2.22. The molecule has 6 nitrogen and oxygen atoms in total. The minimum absolute atomic E-state index is 0.107. The molecule has 20 heavy (non-hydrogen) atoms. The highest BCUT2D eigenvalue weighted by Gasteiger charge is 2.34. The molecule has 0 aromatic carbocycles. The van der Waals surface area contributed by atoms with Gasteiger partial charge in [0.15, 0.2) is 0 Å². The highest BCUT2D eigenvalue weighted by molar-refractivity contribution is 7.89. The van der Waals surface area contributed by atoms with E-state index in [9.17, 15) is 13.5 Å². The zero-order valence-electron chi connectivity index (χ0n) is 12.8. The third-order valence-corrected chi connectivity index (χ3v) is 5.43. The van der Waals surface area contributed by atoms with Gasteiger partial charge in [-0.2, -0.15) is 0 Å². The highest BCUT2D eigenvalue weighted by Crippen LogP contribution is 2.22. The van der Waals surface area contributed by atoms with Gasteiger partial charge in [-0.25, -0.2) is 12.7 Å². The van der Waals surface area contributed by atoms with Crippen molar-refractivity contribution in [2.75, 3.05) is 39.1 Å². The molecule has 0 unspecified atom stereocenters. The molecule has 0 aliphatic carbocycles. The van der Waals surface area contributed by atoms with Crippen LogP contribution >= 0.6 is 0 Å². The first-order valence-electron chi connectivity index (χ1n) is 7.23. The molecule has 0 atom stereocenters. The Bertz CT molecular complexity index is 378. The third-order valence-electron chi connectivity index (χ3n) is 3.55. The van der Waals surface area contributed by atoms with E-state index in [0.29, 0.717) is 45.1 Å². The lowest BCUT2D eigenvalue weighted by atomic mass is 9.95. The number of nitrogens with zero attached hydrogens (tertiary/aromatic N) is 1. The summed E-state index contributed by atoms with van der Waals surface area (Å²) in [5.41, 5.74) is -0.948. The molecule has 0 amide bonds. The standard InChI is InChI=1S/C13H28N2O4S/c1-12(2)14-7-4-10-20(17,18)15(3)11-13(16)5-8-19-9-6-13/h12,14,16H,4-11H2,1-3H3. The van der Waals surface area contributed by atoms with Crippen LogP contribution in [0.5, 0.6) is 0 Å². The Balaban J connectivity index is 2.41. The van der Waals surface area contributed by atoms with Crippen LogP contribution in [0.15, 0.2) is 0 Å². The lowest BCUT2D eigenvalue weighted by Crippen LogP contribution is -2.47. The van der Waals surface area contributed by atoms with Gasteiger partial charge in [0, 0.05) is 45.7 Å². The monoisotopic (exact) mass is 308 g/mol. The van der Waals surface area contributed by atoms with Crippen LogP contribution in [0.1, 0.15) is 33.1 Å². The van der Waals surface area contributed by atoms with E-state index in [2.05, 4.69) is 5.32 Å². The molecular weight excluding hydrogens is 280 g/mol. The Morgan fingerprint density at radius 1 is 1.35 bits per heavy atom. The first kappa shape index (κ1) is 17.8. The molecule has 1 heterocycles. The number of rotatable bonds is 8. The topological polar surface area (TPSA) is 78.9 Å². The van der Waals surface area contributed by atoms with Crippen molar-refractivity contribution < 1.29 is 18.3 Å². The summed E-state index contributed by atoms with van der Waals surface area (Å²) < 4.78 is 30.8. The fourth-order valence-corrected chi connectivity index (χ4v) is 3.48. The van der Waals surface area contributed by atoms with Crippen LogP contribution in [0.4, 0.5) is 0 Å². The highest BCUT2D eigenvalue weighted by atomic mass is 32.2. The van der Waals surface area contributed by atoms with Crippen molar-refractivity contribution in [3.8, 4) is 0 Å². The first-order valence-corrected chi connectivity index (χ1v) is 8.84. The van der Waals surface area contributed by atoms with Gasteiger partial charge in [0.1, 0.15) is 0 Å². The van der Waals surface area contributed by atoms with Crippen LogP contribution in [-0.2, 0) is 14.8 Å². The van der Waals surface area contributed by atoms with Crippen LogP contribution in [0.3, 0.4) is 0 Å². The van der Waals surface area contributed by atoms with Gasteiger partial charge in [-0.3, -0.25) is 0 Å². The predicted octanol–water partition coefficient (Wildman–Crippen LogP) is 0.178. The number of likely N-dealkylation sites (N-methyl/N-ethyl adjacent to an activating group) is 1. The molecule has 1 aliphatic heterocycles. The van der Waals surface area contributed by atoms with Gasteiger partial charge in [0.05, 0.1) is 11.4 Å². The van der Waals surface area contributed by atoms with Crippen LogP contribution in [-0.4, -0.2) is 68.6 Å². The Morgan fingerprint density at radius 3 is 2.50 bits per heavy atom. The van der Waals surface area contributed by atoms with Crippen molar-refractivity contribution >= 4 is 10.0 Å². The zero-order chi connectivity index (χ0) is 15.2. The van der Waals surface area contributed by atoms with E-state index < -0.39 is 15.6 Å². The lowest BCUT2D eigenvalue weighted by Gasteiger charge is -2.35. The summed E-state index contributed by atoms with van der Waals surface area (Å²) in [7, 11) is -1.76. The van der Waals surface area contributed by atoms with Crippen molar-refractivity contribution in [3.63, 3.8) is 0 Å². The molecule has 0 aromatic rings. The van der Waals surface area contributed by atoms with E-state index in [4.69, 9.17) is 4.74 Å². The molecule has 1 rings (SSSR count). The van der Waals surface area contributed by atoms with Crippen molar-refractivity contribution in [1.82, 2.24) is 9.62 Å². The second-order valence-electron chi connectivity index (χ2n) is 5.87. The quantitative estimate of drug-likeness (QED) is 0.625. The summed E-state index contributed by atoms with van der Waals surface area (Å²) in [6.07, 6.45) is 1.55. The number of sulfonamides is 1. The van der Waals surface area contributed by atoms with Crippen molar-refractivity contribution in [3.05, 3.63) is 0 Å². The molecule has 1 saturated heterocycles. The van der Waals surface area contributed by atoms with Crippen LogP contribution in [0, 0.1) is 0 Å². The van der Waals surface area contributed by atoms with Gasteiger partial charge in [0.25, 0.3) is 0 Å². The van der Waals surface area contributed by atoms with Gasteiger partial charge in [-0.05, 0) is 13.0 Å². The van der Waals surface area contributed by atoms with Gasteiger partial charge >= 0.3 is 0 Å². The van der Waals surface area contributed by atoms with E-state index in [-0.39, 0.29) is 12.3 Å². The zero-order valence-corrected chi connectivity index (χ0v) is 13.6. The summed E-state index contributed by atoms with van der Waals surface area (Å²) in [6, 6.07) is 0.360. The Hall–Kier alpha value is -0.210. The number of aliphatic hydroxyl groups is 1. The van der Waals surface area contributed by atoms with E-state index >= 15 is 0 Å². The molecule has 2 N–H and O–H groups in total. The molecule has 1 fully saturated rings. The molecule has 0 aromatic heterocycles. The first-order chi connectivity index (χ1) is 9.25. The summed E-state index contributed by atoms with van der Waals surface area (Å²) in [5, 5.41) is 13.5. The Morgan fingerprint density at radius 2 is 1.95 bits per heavy atom. The minimum Gasteiger partial charge on any atom is -0.388 e. The fraction of sp³-hybridized carbons (Fsp3) is 1.00. The predicted molar refractivity (Wildman–Crippen MR) is 79.2 cm³/mol. The van der Waals surface area contributed by atoms with Crippen LogP contribution in [0.25, 0.3) is 0 Å². The maximum atomic E-state index is 12.1. The molecule has 0 spiro atoms. The lowest BCUT2D eigenvalue weighted by molar-refractivity contribution is -0.0689. The molecule has 0 bridgehead atoms. The average Bonchev–Trinajstić information content (AvgIpc) is 2.35. The Labute approximate surface area is 122 Å². The van der Waals surface area contributed by atoms with Crippen molar-refractivity contribution in [2.24, 2.45) is 0 Å². The normalized spacial score (nSPS) is 19.7. The van der Waals surface area contributed by atoms with E-state index in [1.807, 2.05) is 13.8 Å². The molecule has 7 heteroatoms. The smallest absolute Gasteiger partial charge is 0.213 e. The average molecular weight is 308 g/mol. The van der Waals surface area contributed by atoms with Crippen LogP contribution < -0.4 is 5.32 Å². The van der Waals surface area contributed by atoms with Crippen LogP contribution in [0.2, 0.25) is 0 Å². The van der Waals surface area contributed by atoms with Crippen molar-refractivity contribution in [2.45, 2.75) is 44.8 Å². The number of ether oxygens (including phenoxy) is 1. The Kier molecular flexibility index (Phi) is 6.87. The van der Waals surface area contributed by atoms with E-state index in [1.165, 1.54) is 4.31 Å². The molecule has 1 aliphatic rings. The molecule has 120 valence electrons. The number of hydrogen-bond donors (Lipinski definition) is 2.